The van der Waals surface area contributed by atoms with Crippen LogP contribution in [0.3, 0.4) is 0 Å². The van der Waals surface area contributed by atoms with Crippen LogP contribution in [0, 0.1) is 18.8 Å². The van der Waals surface area contributed by atoms with Gasteiger partial charge in [-0.3, -0.25) is 24.6 Å². The zero-order valence-corrected chi connectivity index (χ0v) is 18.9. The van der Waals surface area contributed by atoms with Gasteiger partial charge in [-0.25, -0.2) is 0 Å². The average molecular weight is 447 g/mol. The number of carboxylic acid groups (broad SMARTS) is 1. The van der Waals surface area contributed by atoms with Gasteiger partial charge < -0.3 is 5.11 Å². The summed E-state index contributed by atoms with van der Waals surface area (Å²) in [4.78, 5) is 42.1. The van der Waals surface area contributed by atoms with Gasteiger partial charge in [0.25, 0.3) is 0 Å². The molecule has 6 nitrogen and oxygen atoms in total. The summed E-state index contributed by atoms with van der Waals surface area (Å²) in [7, 11) is 0. The number of aryl methyl sites for hydroxylation is 1. The fourth-order valence-corrected chi connectivity index (χ4v) is 6.28. The molecule has 0 aromatic heterocycles. The van der Waals surface area contributed by atoms with Crippen LogP contribution < -0.4 is 5.32 Å². The average Bonchev–Trinajstić information content (AvgIpc) is 3.29. The number of carbonyl (C=O) groups excluding carboxylic acids is 2. The van der Waals surface area contributed by atoms with E-state index in [2.05, 4.69) is 5.32 Å². The van der Waals surface area contributed by atoms with Crippen LogP contribution in [0.15, 0.2) is 54.6 Å². The van der Waals surface area contributed by atoms with Crippen LogP contribution in [0.1, 0.15) is 54.8 Å². The lowest BCUT2D eigenvalue weighted by atomic mass is 9.76. The largest absolute Gasteiger partial charge is 0.480 e. The molecule has 4 atom stereocenters. The number of rotatable bonds is 5. The monoisotopic (exact) mass is 446 g/mol. The molecule has 0 spiro atoms. The summed E-state index contributed by atoms with van der Waals surface area (Å²) in [6, 6.07) is 16.4. The van der Waals surface area contributed by atoms with Crippen molar-refractivity contribution in [1.29, 1.82) is 0 Å². The number of aliphatic carboxylic acids is 1. The molecule has 1 saturated carbocycles. The molecule has 2 saturated heterocycles. The van der Waals surface area contributed by atoms with E-state index in [1.54, 1.807) is 0 Å². The van der Waals surface area contributed by atoms with Crippen LogP contribution in [0.25, 0.3) is 0 Å². The van der Waals surface area contributed by atoms with Crippen molar-refractivity contribution in [3.05, 3.63) is 71.3 Å². The molecule has 1 aliphatic carbocycles. The van der Waals surface area contributed by atoms with Gasteiger partial charge in [-0.1, -0.05) is 73.9 Å². The molecule has 0 radical (unpaired) electrons. The maximum atomic E-state index is 13.9. The van der Waals surface area contributed by atoms with E-state index in [1.807, 2.05) is 61.5 Å². The van der Waals surface area contributed by atoms with Gasteiger partial charge in [-0.05, 0) is 36.5 Å². The summed E-state index contributed by atoms with van der Waals surface area (Å²) >= 11 is 0. The summed E-state index contributed by atoms with van der Waals surface area (Å²) < 4.78 is 0. The molecule has 2 N–H and O–H groups in total. The van der Waals surface area contributed by atoms with Crippen molar-refractivity contribution < 1.29 is 19.5 Å². The lowest BCUT2D eigenvalue weighted by molar-refractivity contribution is -0.152. The Morgan fingerprint density at radius 1 is 1.00 bits per heavy atom. The minimum Gasteiger partial charge on any atom is -0.480 e. The SMILES string of the molecule is Cc1ccccc1C1NC(Cc2ccccc2)(C(=O)O)C2C(=O)N(C3CCCCC3)C(=O)C12. The standard InChI is InChI=1S/C27H30N2O4/c1-17-10-8-9-15-20(17)23-21-22(25(31)29(24(21)30)19-13-6-3-7-14-19)27(28-23,26(32)33)16-18-11-4-2-5-12-18/h2,4-5,8-12,15,19,21-23,28H,3,6-7,13-14,16H2,1H3,(H,32,33). The summed E-state index contributed by atoms with van der Waals surface area (Å²) in [6.45, 7) is 1.96. The molecular weight excluding hydrogens is 416 g/mol. The third kappa shape index (κ3) is 3.48. The van der Waals surface area contributed by atoms with Crippen LogP contribution in [-0.2, 0) is 20.8 Å². The first-order valence-electron chi connectivity index (χ1n) is 11.9. The number of hydrogen-bond acceptors (Lipinski definition) is 4. The van der Waals surface area contributed by atoms with E-state index in [0.29, 0.717) is 0 Å². The van der Waals surface area contributed by atoms with Crippen molar-refractivity contribution in [1.82, 2.24) is 10.2 Å². The van der Waals surface area contributed by atoms with Gasteiger partial charge in [0.2, 0.25) is 11.8 Å². The van der Waals surface area contributed by atoms with E-state index in [1.165, 1.54) is 4.90 Å². The fraction of sp³-hybridized carbons (Fsp3) is 0.444. The Hall–Kier alpha value is -2.99. The van der Waals surface area contributed by atoms with Gasteiger partial charge in [0, 0.05) is 18.5 Å². The number of carbonyl (C=O) groups is 3. The van der Waals surface area contributed by atoms with E-state index in [-0.39, 0.29) is 24.3 Å². The van der Waals surface area contributed by atoms with Gasteiger partial charge in [0.1, 0.15) is 5.54 Å². The van der Waals surface area contributed by atoms with Crippen LogP contribution in [-0.4, -0.2) is 39.4 Å². The number of fused-ring (bicyclic) bond motifs is 1. The summed E-state index contributed by atoms with van der Waals surface area (Å²) in [6.07, 6.45) is 4.84. The number of likely N-dealkylation sites (tertiary alicyclic amines) is 1. The second-order valence-corrected chi connectivity index (χ2v) is 9.76. The molecule has 3 aliphatic rings. The molecule has 6 heteroatoms. The Balaban J connectivity index is 1.63. The molecule has 33 heavy (non-hydrogen) atoms. The van der Waals surface area contributed by atoms with Crippen molar-refractivity contribution in [2.75, 3.05) is 0 Å². The van der Waals surface area contributed by atoms with E-state index in [9.17, 15) is 19.5 Å². The minimum atomic E-state index is -1.55. The normalized spacial score (nSPS) is 30.0. The van der Waals surface area contributed by atoms with Crippen molar-refractivity contribution in [3.8, 4) is 0 Å². The van der Waals surface area contributed by atoms with E-state index in [4.69, 9.17) is 0 Å². The number of nitrogens with one attached hydrogen (secondary N) is 1. The third-order valence-electron chi connectivity index (χ3n) is 7.86. The molecule has 2 aliphatic heterocycles. The van der Waals surface area contributed by atoms with Crippen LogP contribution in [0.4, 0.5) is 0 Å². The zero-order valence-electron chi connectivity index (χ0n) is 18.9. The number of amides is 2. The van der Waals surface area contributed by atoms with Gasteiger partial charge in [0.15, 0.2) is 0 Å². The van der Waals surface area contributed by atoms with Gasteiger partial charge in [0.05, 0.1) is 11.8 Å². The first-order valence-corrected chi connectivity index (χ1v) is 11.9. The highest BCUT2D eigenvalue weighted by Crippen LogP contribution is 2.51. The zero-order chi connectivity index (χ0) is 23.2. The fourth-order valence-electron chi connectivity index (χ4n) is 6.28. The smallest absolute Gasteiger partial charge is 0.325 e. The van der Waals surface area contributed by atoms with E-state index < -0.39 is 29.4 Å². The summed E-state index contributed by atoms with van der Waals surface area (Å²) in [5.41, 5.74) is 1.14. The highest BCUT2D eigenvalue weighted by Gasteiger charge is 2.69. The molecule has 172 valence electrons. The molecule has 2 heterocycles. The Morgan fingerprint density at radius 3 is 2.33 bits per heavy atom. The van der Waals surface area contributed by atoms with Crippen molar-refractivity contribution in [2.45, 2.75) is 63.1 Å². The highest BCUT2D eigenvalue weighted by molar-refractivity contribution is 6.09. The lowest BCUT2D eigenvalue weighted by Gasteiger charge is -2.34. The quantitative estimate of drug-likeness (QED) is 0.685. The van der Waals surface area contributed by atoms with Crippen molar-refractivity contribution >= 4 is 17.8 Å². The second-order valence-electron chi connectivity index (χ2n) is 9.76. The Labute approximate surface area is 194 Å². The number of nitrogens with zero attached hydrogens (tertiary/aromatic N) is 1. The molecule has 2 aromatic carbocycles. The van der Waals surface area contributed by atoms with Gasteiger partial charge >= 0.3 is 5.97 Å². The molecule has 5 rings (SSSR count). The number of benzene rings is 2. The van der Waals surface area contributed by atoms with Crippen LogP contribution in [0.2, 0.25) is 0 Å². The number of hydrogen-bond donors (Lipinski definition) is 2. The predicted octanol–water partition coefficient (Wildman–Crippen LogP) is 3.64. The van der Waals surface area contributed by atoms with E-state index >= 15 is 0 Å². The third-order valence-corrected chi connectivity index (χ3v) is 7.86. The van der Waals surface area contributed by atoms with E-state index in [0.717, 1.165) is 48.8 Å². The van der Waals surface area contributed by atoms with Crippen molar-refractivity contribution in [2.24, 2.45) is 11.8 Å². The summed E-state index contributed by atoms with van der Waals surface area (Å²) in [5, 5.41) is 13.9. The topological polar surface area (TPSA) is 86.7 Å². The van der Waals surface area contributed by atoms with Gasteiger partial charge in [-0.2, -0.15) is 0 Å². The molecule has 3 fully saturated rings. The highest BCUT2D eigenvalue weighted by atomic mass is 16.4. The van der Waals surface area contributed by atoms with Crippen molar-refractivity contribution in [3.63, 3.8) is 0 Å². The number of carboxylic acids is 1. The molecule has 4 unspecified atom stereocenters. The predicted molar refractivity (Wildman–Crippen MR) is 123 cm³/mol. The first kappa shape index (κ1) is 21.8. The molecule has 2 aromatic rings. The Morgan fingerprint density at radius 2 is 1.67 bits per heavy atom. The van der Waals surface area contributed by atoms with Crippen LogP contribution in [0.5, 0.6) is 0 Å². The first-order chi connectivity index (χ1) is 15.9. The minimum absolute atomic E-state index is 0.120. The molecule has 2 amide bonds. The lowest BCUT2D eigenvalue weighted by Crippen LogP contribution is -2.58. The molecule has 0 bridgehead atoms. The second kappa shape index (κ2) is 8.41. The molecular formula is C27H30N2O4. The van der Waals surface area contributed by atoms with Crippen LogP contribution >= 0.6 is 0 Å². The maximum Gasteiger partial charge on any atom is 0.325 e. The maximum absolute atomic E-state index is 13.9. The summed E-state index contributed by atoms with van der Waals surface area (Å²) in [5.74, 6) is -3.27. The Bertz CT molecular complexity index is 1080. The number of imide groups is 1. The van der Waals surface area contributed by atoms with Gasteiger partial charge in [-0.15, -0.1) is 0 Å². The Kier molecular flexibility index (Phi) is 5.57.